The van der Waals surface area contributed by atoms with Gasteiger partial charge in [-0.15, -0.1) is 0 Å². The molecule has 17 heavy (non-hydrogen) atoms. The summed E-state index contributed by atoms with van der Waals surface area (Å²) >= 11 is 0. The zero-order valence-electron chi connectivity index (χ0n) is 11.2. The summed E-state index contributed by atoms with van der Waals surface area (Å²) in [6.45, 7) is 9.38. The van der Waals surface area contributed by atoms with Crippen LogP contribution in [-0.4, -0.2) is 11.7 Å². The van der Waals surface area contributed by atoms with Gasteiger partial charge in [0.15, 0.2) is 0 Å². The number of ether oxygens (including phenoxy) is 1. The van der Waals surface area contributed by atoms with E-state index in [-0.39, 0.29) is 6.04 Å². The van der Waals surface area contributed by atoms with Crippen molar-refractivity contribution in [3.63, 3.8) is 0 Å². The number of carbonyl (C=O) groups is 1. The highest BCUT2D eigenvalue weighted by Crippen LogP contribution is 2.17. The Labute approximate surface area is 102 Å². The first-order valence-corrected chi connectivity index (χ1v) is 5.90. The van der Waals surface area contributed by atoms with Gasteiger partial charge < -0.3 is 14.5 Å². The van der Waals surface area contributed by atoms with Gasteiger partial charge in [0, 0.05) is 6.42 Å². The molecule has 1 N–H and O–H groups in total. The summed E-state index contributed by atoms with van der Waals surface area (Å²) < 4.78 is 10.7. The molecule has 4 heteroatoms. The SMILES string of the molecule is CCc1ccc(C(C)NC(=O)OC(C)(C)C)o1. The molecule has 1 aromatic heterocycles. The van der Waals surface area contributed by atoms with E-state index in [1.54, 1.807) is 0 Å². The van der Waals surface area contributed by atoms with E-state index in [0.717, 1.165) is 17.9 Å². The fraction of sp³-hybridized carbons (Fsp3) is 0.615. The van der Waals surface area contributed by atoms with Crippen molar-refractivity contribution >= 4 is 6.09 Å². The summed E-state index contributed by atoms with van der Waals surface area (Å²) in [5, 5.41) is 2.74. The molecule has 0 saturated heterocycles. The van der Waals surface area contributed by atoms with Gasteiger partial charge in [-0.1, -0.05) is 6.92 Å². The maximum Gasteiger partial charge on any atom is 0.408 e. The van der Waals surface area contributed by atoms with Crippen LogP contribution in [0, 0.1) is 0 Å². The Morgan fingerprint density at radius 1 is 1.47 bits per heavy atom. The van der Waals surface area contributed by atoms with Gasteiger partial charge in [0.1, 0.15) is 17.1 Å². The standard InChI is InChI=1S/C13H21NO3/c1-6-10-7-8-11(16-10)9(2)14-12(15)17-13(3,4)5/h7-9H,6H2,1-5H3,(H,14,15). The van der Waals surface area contributed by atoms with E-state index in [4.69, 9.17) is 9.15 Å². The van der Waals surface area contributed by atoms with Crippen molar-refractivity contribution in [1.29, 1.82) is 0 Å². The number of hydrogen-bond acceptors (Lipinski definition) is 3. The molecule has 0 fully saturated rings. The molecule has 0 radical (unpaired) electrons. The molecule has 1 heterocycles. The molecule has 0 aromatic carbocycles. The van der Waals surface area contributed by atoms with Crippen molar-refractivity contribution in [2.45, 2.75) is 52.7 Å². The Bertz CT molecular complexity index is 376. The van der Waals surface area contributed by atoms with E-state index in [1.165, 1.54) is 0 Å². The van der Waals surface area contributed by atoms with Gasteiger partial charge in [-0.2, -0.15) is 0 Å². The molecule has 1 atom stereocenters. The van der Waals surface area contributed by atoms with Crippen LogP contribution in [0.3, 0.4) is 0 Å². The summed E-state index contributed by atoms with van der Waals surface area (Å²) in [4.78, 5) is 11.5. The number of aryl methyl sites for hydroxylation is 1. The number of hydrogen-bond donors (Lipinski definition) is 1. The van der Waals surface area contributed by atoms with Gasteiger partial charge in [0.05, 0.1) is 6.04 Å². The van der Waals surface area contributed by atoms with Crippen LogP contribution < -0.4 is 5.32 Å². The predicted molar refractivity (Wildman–Crippen MR) is 65.9 cm³/mol. The molecule has 1 unspecified atom stereocenters. The zero-order valence-corrected chi connectivity index (χ0v) is 11.2. The zero-order chi connectivity index (χ0) is 13.1. The second-order valence-electron chi connectivity index (χ2n) is 5.03. The maximum atomic E-state index is 11.5. The summed E-state index contributed by atoms with van der Waals surface area (Å²) in [6.07, 6.45) is 0.415. The van der Waals surface area contributed by atoms with Crippen LogP contribution in [0.15, 0.2) is 16.5 Å². The van der Waals surface area contributed by atoms with Crippen LogP contribution in [0.25, 0.3) is 0 Å². The number of amides is 1. The summed E-state index contributed by atoms with van der Waals surface area (Å²) in [5.41, 5.74) is -0.485. The van der Waals surface area contributed by atoms with E-state index in [2.05, 4.69) is 5.32 Å². The van der Waals surface area contributed by atoms with E-state index >= 15 is 0 Å². The lowest BCUT2D eigenvalue weighted by Gasteiger charge is -2.21. The van der Waals surface area contributed by atoms with Crippen molar-refractivity contribution < 1.29 is 13.9 Å². The van der Waals surface area contributed by atoms with E-state index in [0.29, 0.717) is 0 Å². The average molecular weight is 239 g/mol. The van der Waals surface area contributed by atoms with E-state index < -0.39 is 11.7 Å². The van der Waals surface area contributed by atoms with Crippen molar-refractivity contribution in [2.24, 2.45) is 0 Å². The number of carbonyl (C=O) groups excluding carboxylic acids is 1. The minimum atomic E-state index is -0.485. The first kappa shape index (κ1) is 13.6. The number of alkyl carbamates (subject to hydrolysis) is 1. The van der Waals surface area contributed by atoms with Gasteiger partial charge in [-0.05, 0) is 39.8 Å². The molecule has 96 valence electrons. The van der Waals surface area contributed by atoms with Gasteiger partial charge in [-0.25, -0.2) is 4.79 Å². The Morgan fingerprint density at radius 2 is 2.12 bits per heavy atom. The Morgan fingerprint density at radius 3 is 2.59 bits per heavy atom. The third kappa shape index (κ3) is 4.51. The van der Waals surface area contributed by atoms with Gasteiger partial charge in [-0.3, -0.25) is 0 Å². The Kier molecular flexibility index (Phi) is 4.21. The van der Waals surface area contributed by atoms with Crippen LogP contribution in [0.5, 0.6) is 0 Å². The molecule has 4 nitrogen and oxygen atoms in total. The van der Waals surface area contributed by atoms with Crippen molar-refractivity contribution in [1.82, 2.24) is 5.32 Å². The highest BCUT2D eigenvalue weighted by Gasteiger charge is 2.19. The smallest absolute Gasteiger partial charge is 0.408 e. The first-order valence-electron chi connectivity index (χ1n) is 5.90. The minimum absolute atomic E-state index is 0.190. The normalized spacial score (nSPS) is 13.2. The molecule has 1 amide bonds. The Balaban J connectivity index is 2.54. The molecular formula is C13H21NO3. The molecule has 0 aliphatic rings. The summed E-state index contributed by atoms with van der Waals surface area (Å²) in [6, 6.07) is 3.61. The molecule has 1 aromatic rings. The van der Waals surface area contributed by atoms with Crippen LogP contribution in [0.4, 0.5) is 4.79 Å². The lowest BCUT2D eigenvalue weighted by Crippen LogP contribution is -2.33. The van der Waals surface area contributed by atoms with Gasteiger partial charge in [0.25, 0.3) is 0 Å². The molecule has 0 aliphatic heterocycles. The van der Waals surface area contributed by atoms with Crippen LogP contribution in [-0.2, 0) is 11.2 Å². The highest BCUT2D eigenvalue weighted by molar-refractivity contribution is 5.68. The third-order valence-electron chi connectivity index (χ3n) is 2.19. The largest absolute Gasteiger partial charge is 0.464 e. The van der Waals surface area contributed by atoms with Crippen molar-refractivity contribution in [3.8, 4) is 0 Å². The number of furan rings is 1. The number of nitrogens with one attached hydrogen (secondary N) is 1. The molecular weight excluding hydrogens is 218 g/mol. The van der Waals surface area contributed by atoms with E-state index in [9.17, 15) is 4.79 Å². The highest BCUT2D eigenvalue weighted by atomic mass is 16.6. The lowest BCUT2D eigenvalue weighted by atomic mass is 10.2. The topological polar surface area (TPSA) is 51.5 Å². The van der Waals surface area contributed by atoms with Gasteiger partial charge >= 0.3 is 6.09 Å². The molecule has 0 bridgehead atoms. The first-order chi connectivity index (χ1) is 7.81. The summed E-state index contributed by atoms with van der Waals surface area (Å²) in [5.74, 6) is 1.66. The summed E-state index contributed by atoms with van der Waals surface area (Å²) in [7, 11) is 0. The van der Waals surface area contributed by atoms with Crippen LogP contribution in [0.2, 0.25) is 0 Å². The minimum Gasteiger partial charge on any atom is -0.464 e. The maximum absolute atomic E-state index is 11.5. The van der Waals surface area contributed by atoms with Crippen molar-refractivity contribution in [2.75, 3.05) is 0 Å². The third-order valence-corrected chi connectivity index (χ3v) is 2.19. The fourth-order valence-corrected chi connectivity index (χ4v) is 1.37. The lowest BCUT2D eigenvalue weighted by molar-refractivity contribution is 0.0502. The quantitative estimate of drug-likeness (QED) is 0.879. The fourth-order valence-electron chi connectivity index (χ4n) is 1.37. The average Bonchev–Trinajstić information content (AvgIpc) is 2.62. The van der Waals surface area contributed by atoms with Crippen LogP contribution >= 0.6 is 0 Å². The molecule has 0 spiro atoms. The molecule has 0 aliphatic carbocycles. The monoisotopic (exact) mass is 239 g/mol. The van der Waals surface area contributed by atoms with Gasteiger partial charge in [0.2, 0.25) is 0 Å². The molecule has 1 rings (SSSR count). The second-order valence-corrected chi connectivity index (χ2v) is 5.03. The number of rotatable bonds is 3. The Hall–Kier alpha value is -1.45. The predicted octanol–water partition coefficient (Wildman–Crippen LogP) is 3.43. The van der Waals surface area contributed by atoms with E-state index in [1.807, 2.05) is 46.8 Å². The van der Waals surface area contributed by atoms with Crippen LogP contribution in [0.1, 0.15) is 52.2 Å². The van der Waals surface area contributed by atoms with Crippen molar-refractivity contribution in [3.05, 3.63) is 23.7 Å². The second kappa shape index (κ2) is 5.25. The molecule has 0 saturated carbocycles.